The van der Waals surface area contributed by atoms with Gasteiger partial charge in [-0.25, -0.2) is 0 Å². The number of rotatable bonds is 4. The number of anilines is 1. The quantitative estimate of drug-likeness (QED) is 0.775. The molecule has 0 aliphatic carbocycles. The second kappa shape index (κ2) is 6.75. The second-order valence-corrected chi connectivity index (χ2v) is 5.19. The van der Waals surface area contributed by atoms with E-state index in [0.29, 0.717) is 11.3 Å². The van der Waals surface area contributed by atoms with Gasteiger partial charge >= 0.3 is 0 Å². The summed E-state index contributed by atoms with van der Waals surface area (Å²) >= 11 is 0. The standard InChI is InChI=1S/C19H15N3O2/c20-18(23)16-8-4-5-9-17(16)22-19(24)15-10-14(11-21-12-15)13-6-2-1-3-7-13/h1-12H,(H2,20,23)(H,22,24). The number of benzene rings is 2. The normalized spacial score (nSPS) is 10.2. The van der Waals surface area contributed by atoms with Crippen molar-refractivity contribution in [1.29, 1.82) is 0 Å². The summed E-state index contributed by atoms with van der Waals surface area (Å²) in [4.78, 5) is 28.0. The lowest BCUT2D eigenvalue weighted by Crippen LogP contribution is -2.18. The highest BCUT2D eigenvalue weighted by molar-refractivity contribution is 6.08. The van der Waals surface area contributed by atoms with E-state index in [-0.39, 0.29) is 11.5 Å². The average molecular weight is 317 g/mol. The van der Waals surface area contributed by atoms with Gasteiger partial charge in [0.05, 0.1) is 16.8 Å². The number of pyridine rings is 1. The predicted octanol–water partition coefficient (Wildman–Crippen LogP) is 3.10. The fourth-order valence-corrected chi connectivity index (χ4v) is 2.35. The molecule has 118 valence electrons. The minimum absolute atomic E-state index is 0.262. The average Bonchev–Trinajstić information content (AvgIpc) is 2.63. The van der Waals surface area contributed by atoms with Crippen LogP contribution in [0, 0.1) is 0 Å². The Kier molecular flexibility index (Phi) is 4.34. The van der Waals surface area contributed by atoms with Crippen molar-refractivity contribution in [3.05, 3.63) is 84.2 Å². The van der Waals surface area contributed by atoms with Crippen molar-refractivity contribution >= 4 is 17.5 Å². The van der Waals surface area contributed by atoms with Crippen molar-refractivity contribution in [2.24, 2.45) is 5.73 Å². The molecule has 5 heteroatoms. The number of primary amides is 1. The van der Waals surface area contributed by atoms with Crippen molar-refractivity contribution < 1.29 is 9.59 Å². The van der Waals surface area contributed by atoms with Gasteiger partial charge < -0.3 is 11.1 Å². The van der Waals surface area contributed by atoms with Crippen LogP contribution in [0.2, 0.25) is 0 Å². The van der Waals surface area contributed by atoms with Gasteiger partial charge in [-0.1, -0.05) is 42.5 Å². The minimum Gasteiger partial charge on any atom is -0.366 e. The van der Waals surface area contributed by atoms with Crippen LogP contribution >= 0.6 is 0 Å². The molecule has 0 atom stereocenters. The third-order valence-electron chi connectivity index (χ3n) is 3.55. The van der Waals surface area contributed by atoms with E-state index in [1.54, 1.807) is 36.5 Å². The van der Waals surface area contributed by atoms with Gasteiger partial charge in [0.2, 0.25) is 0 Å². The summed E-state index contributed by atoms with van der Waals surface area (Å²) in [6.07, 6.45) is 3.18. The van der Waals surface area contributed by atoms with Gasteiger partial charge in [0.1, 0.15) is 0 Å². The van der Waals surface area contributed by atoms with Gasteiger partial charge in [-0.05, 0) is 23.8 Å². The van der Waals surface area contributed by atoms with Crippen LogP contribution in [0.25, 0.3) is 11.1 Å². The van der Waals surface area contributed by atoms with Crippen LogP contribution in [0.4, 0.5) is 5.69 Å². The van der Waals surface area contributed by atoms with Gasteiger partial charge in [-0.3, -0.25) is 14.6 Å². The molecule has 2 amide bonds. The first kappa shape index (κ1) is 15.4. The summed E-state index contributed by atoms with van der Waals surface area (Å²) in [6, 6.07) is 18.0. The summed E-state index contributed by atoms with van der Waals surface area (Å²) in [6.45, 7) is 0. The van der Waals surface area contributed by atoms with E-state index in [2.05, 4.69) is 10.3 Å². The maximum Gasteiger partial charge on any atom is 0.257 e. The molecule has 2 aromatic carbocycles. The van der Waals surface area contributed by atoms with Crippen LogP contribution in [-0.4, -0.2) is 16.8 Å². The molecule has 24 heavy (non-hydrogen) atoms. The van der Waals surface area contributed by atoms with Gasteiger partial charge in [0, 0.05) is 18.0 Å². The summed E-state index contributed by atoms with van der Waals surface area (Å²) in [5.74, 6) is -0.948. The second-order valence-electron chi connectivity index (χ2n) is 5.19. The maximum atomic E-state index is 12.5. The Labute approximate surface area is 139 Å². The predicted molar refractivity (Wildman–Crippen MR) is 92.6 cm³/mol. The van der Waals surface area contributed by atoms with Crippen LogP contribution in [0.1, 0.15) is 20.7 Å². The summed E-state index contributed by atoms with van der Waals surface area (Å²) in [7, 11) is 0. The molecule has 0 bridgehead atoms. The first-order valence-electron chi connectivity index (χ1n) is 7.36. The topological polar surface area (TPSA) is 85.1 Å². The SMILES string of the molecule is NC(=O)c1ccccc1NC(=O)c1cncc(-c2ccccc2)c1. The van der Waals surface area contributed by atoms with Crippen LogP contribution < -0.4 is 11.1 Å². The first-order valence-corrected chi connectivity index (χ1v) is 7.36. The number of nitrogens with two attached hydrogens (primary N) is 1. The van der Waals surface area contributed by atoms with Crippen LogP contribution in [0.3, 0.4) is 0 Å². The highest BCUT2D eigenvalue weighted by atomic mass is 16.2. The number of hydrogen-bond acceptors (Lipinski definition) is 3. The third-order valence-corrected chi connectivity index (χ3v) is 3.55. The molecule has 0 saturated carbocycles. The highest BCUT2D eigenvalue weighted by Gasteiger charge is 2.12. The Bertz CT molecular complexity index is 892. The number of carbonyl (C=O) groups is 2. The number of nitrogens with zero attached hydrogens (tertiary/aromatic N) is 1. The summed E-state index contributed by atoms with van der Waals surface area (Å²) < 4.78 is 0. The fourth-order valence-electron chi connectivity index (χ4n) is 2.35. The van der Waals surface area contributed by atoms with Gasteiger partial charge in [-0.15, -0.1) is 0 Å². The Morgan fingerprint density at radius 2 is 1.58 bits per heavy atom. The maximum absolute atomic E-state index is 12.5. The highest BCUT2D eigenvalue weighted by Crippen LogP contribution is 2.20. The van der Waals surface area contributed by atoms with E-state index in [9.17, 15) is 9.59 Å². The molecule has 3 rings (SSSR count). The summed E-state index contributed by atoms with van der Waals surface area (Å²) in [5.41, 5.74) is 8.17. The number of aromatic nitrogens is 1. The molecule has 5 nitrogen and oxygen atoms in total. The number of amides is 2. The molecule has 0 spiro atoms. The third kappa shape index (κ3) is 3.30. The molecule has 1 heterocycles. The van der Waals surface area contributed by atoms with Crippen LogP contribution in [0.5, 0.6) is 0 Å². The van der Waals surface area contributed by atoms with Crippen molar-refractivity contribution in [3.63, 3.8) is 0 Å². The summed E-state index contributed by atoms with van der Waals surface area (Å²) in [5, 5.41) is 2.71. The molecule has 0 aliphatic heterocycles. The van der Waals surface area contributed by atoms with Crippen LogP contribution in [-0.2, 0) is 0 Å². The molecular formula is C19H15N3O2. The zero-order valence-corrected chi connectivity index (χ0v) is 12.8. The zero-order chi connectivity index (χ0) is 16.9. The molecule has 0 aliphatic rings. The van der Waals surface area contributed by atoms with Gasteiger partial charge in [0.25, 0.3) is 11.8 Å². The number of nitrogens with one attached hydrogen (secondary N) is 1. The number of hydrogen-bond donors (Lipinski definition) is 2. The van der Waals surface area contributed by atoms with E-state index in [1.807, 2.05) is 30.3 Å². The molecule has 0 unspecified atom stereocenters. The molecule has 3 aromatic rings. The van der Waals surface area contributed by atoms with E-state index >= 15 is 0 Å². The Hall–Kier alpha value is -3.47. The largest absolute Gasteiger partial charge is 0.366 e. The lowest BCUT2D eigenvalue weighted by Gasteiger charge is -2.09. The number of para-hydroxylation sites is 1. The molecule has 0 fully saturated rings. The van der Waals surface area contributed by atoms with Crippen LogP contribution in [0.15, 0.2) is 73.1 Å². The first-order chi connectivity index (χ1) is 11.6. The van der Waals surface area contributed by atoms with E-state index < -0.39 is 5.91 Å². The lowest BCUT2D eigenvalue weighted by atomic mass is 10.1. The molecule has 0 saturated heterocycles. The monoisotopic (exact) mass is 317 g/mol. The minimum atomic E-state index is -0.595. The molecule has 1 aromatic heterocycles. The molecular weight excluding hydrogens is 302 g/mol. The van der Waals surface area contributed by atoms with Gasteiger partial charge in [-0.2, -0.15) is 0 Å². The van der Waals surface area contributed by atoms with E-state index in [4.69, 9.17) is 5.73 Å². The molecule has 0 radical (unpaired) electrons. The van der Waals surface area contributed by atoms with Crippen molar-refractivity contribution in [3.8, 4) is 11.1 Å². The lowest BCUT2D eigenvalue weighted by molar-refractivity contribution is 0.100. The van der Waals surface area contributed by atoms with E-state index in [1.165, 1.54) is 6.20 Å². The molecule has 3 N–H and O–H groups in total. The Morgan fingerprint density at radius 3 is 2.33 bits per heavy atom. The van der Waals surface area contributed by atoms with Crippen molar-refractivity contribution in [2.75, 3.05) is 5.32 Å². The van der Waals surface area contributed by atoms with E-state index in [0.717, 1.165) is 11.1 Å². The Morgan fingerprint density at radius 1 is 0.875 bits per heavy atom. The smallest absolute Gasteiger partial charge is 0.257 e. The Balaban J connectivity index is 1.88. The fraction of sp³-hybridized carbons (Fsp3) is 0. The zero-order valence-electron chi connectivity index (χ0n) is 12.8. The number of carbonyl (C=O) groups excluding carboxylic acids is 2. The van der Waals surface area contributed by atoms with Crippen molar-refractivity contribution in [2.45, 2.75) is 0 Å². The van der Waals surface area contributed by atoms with Gasteiger partial charge in [0.15, 0.2) is 0 Å². The van der Waals surface area contributed by atoms with Crippen molar-refractivity contribution in [1.82, 2.24) is 4.98 Å².